The Morgan fingerprint density at radius 3 is 2.65 bits per heavy atom. The number of anilines is 1. The van der Waals surface area contributed by atoms with Gasteiger partial charge in [0.1, 0.15) is 0 Å². The maximum atomic E-state index is 10.9. The predicted octanol–water partition coefficient (Wildman–Crippen LogP) is 4.50. The fourth-order valence-electron chi connectivity index (χ4n) is 2.36. The SMILES string of the molecule is CC(C)CCN(c1ccc([N+](=O)[O-])cc1CBr)C1CC1. The lowest BCUT2D eigenvalue weighted by molar-refractivity contribution is -0.384. The largest absolute Gasteiger partial charge is 0.368 e. The van der Waals surface area contributed by atoms with Gasteiger partial charge in [-0.05, 0) is 36.8 Å². The molecule has 20 heavy (non-hydrogen) atoms. The third kappa shape index (κ3) is 3.72. The second-order valence-corrected chi connectivity index (χ2v) is 6.37. The monoisotopic (exact) mass is 340 g/mol. The van der Waals surface area contributed by atoms with Crippen LogP contribution < -0.4 is 4.90 Å². The van der Waals surface area contributed by atoms with E-state index < -0.39 is 0 Å². The molecule has 1 fully saturated rings. The zero-order valence-electron chi connectivity index (χ0n) is 12.0. The highest BCUT2D eigenvalue weighted by atomic mass is 79.9. The maximum Gasteiger partial charge on any atom is 0.269 e. The van der Waals surface area contributed by atoms with Crippen molar-refractivity contribution in [2.45, 2.75) is 44.5 Å². The minimum atomic E-state index is -0.328. The number of hydrogen-bond donors (Lipinski definition) is 0. The number of rotatable bonds is 7. The maximum absolute atomic E-state index is 10.9. The van der Waals surface area contributed by atoms with Crippen LogP contribution in [0.3, 0.4) is 0 Å². The van der Waals surface area contributed by atoms with Gasteiger partial charge in [0.15, 0.2) is 0 Å². The molecule has 0 heterocycles. The molecule has 1 aliphatic rings. The second-order valence-electron chi connectivity index (χ2n) is 5.81. The van der Waals surface area contributed by atoms with Crippen molar-refractivity contribution >= 4 is 27.3 Å². The van der Waals surface area contributed by atoms with Crippen LogP contribution in [0.5, 0.6) is 0 Å². The molecule has 0 N–H and O–H groups in total. The van der Waals surface area contributed by atoms with E-state index in [1.165, 1.54) is 12.8 Å². The first-order valence-electron chi connectivity index (χ1n) is 7.13. The Labute approximate surface area is 128 Å². The molecule has 0 radical (unpaired) electrons. The first-order chi connectivity index (χ1) is 9.52. The van der Waals surface area contributed by atoms with Crippen molar-refractivity contribution in [1.82, 2.24) is 0 Å². The molecule has 1 aromatic rings. The summed E-state index contributed by atoms with van der Waals surface area (Å²) in [6.45, 7) is 5.48. The van der Waals surface area contributed by atoms with Crippen molar-refractivity contribution in [3.05, 3.63) is 33.9 Å². The summed E-state index contributed by atoms with van der Waals surface area (Å²) in [7, 11) is 0. The van der Waals surface area contributed by atoms with Crippen molar-refractivity contribution in [1.29, 1.82) is 0 Å². The minimum absolute atomic E-state index is 0.169. The van der Waals surface area contributed by atoms with Crippen LogP contribution in [0, 0.1) is 16.0 Å². The van der Waals surface area contributed by atoms with Gasteiger partial charge < -0.3 is 4.90 Å². The summed E-state index contributed by atoms with van der Waals surface area (Å²) in [6, 6.07) is 5.84. The Kier molecular flexibility index (Phi) is 5.02. The Bertz CT molecular complexity index is 487. The Balaban J connectivity index is 2.25. The molecule has 5 heteroatoms. The zero-order chi connectivity index (χ0) is 14.7. The molecular weight excluding hydrogens is 320 g/mol. The van der Waals surface area contributed by atoms with Gasteiger partial charge in [0.05, 0.1) is 4.92 Å². The third-order valence-corrected chi connectivity index (χ3v) is 4.27. The lowest BCUT2D eigenvalue weighted by atomic mass is 10.1. The number of nitro benzene ring substituents is 1. The summed E-state index contributed by atoms with van der Waals surface area (Å²) >= 11 is 3.46. The molecular formula is C15H21BrN2O2. The van der Waals surface area contributed by atoms with Gasteiger partial charge in [-0.15, -0.1) is 0 Å². The fourth-order valence-corrected chi connectivity index (χ4v) is 2.81. The summed E-state index contributed by atoms with van der Waals surface area (Å²) in [6.07, 6.45) is 3.61. The molecule has 0 amide bonds. The number of halogens is 1. The topological polar surface area (TPSA) is 46.4 Å². The molecule has 0 spiro atoms. The molecule has 0 atom stereocenters. The van der Waals surface area contributed by atoms with Crippen molar-refractivity contribution in [3.63, 3.8) is 0 Å². The first kappa shape index (κ1) is 15.3. The van der Waals surface area contributed by atoms with E-state index in [0.717, 1.165) is 24.2 Å². The van der Waals surface area contributed by atoms with E-state index in [4.69, 9.17) is 0 Å². The number of nitrogens with zero attached hydrogens (tertiary/aromatic N) is 2. The number of nitro groups is 1. The molecule has 1 aromatic carbocycles. The molecule has 0 unspecified atom stereocenters. The lowest BCUT2D eigenvalue weighted by Crippen LogP contribution is -2.28. The van der Waals surface area contributed by atoms with Crippen molar-refractivity contribution in [3.8, 4) is 0 Å². The van der Waals surface area contributed by atoms with Gasteiger partial charge in [0.25, 0.3) is 5.69 Å². The van der Waals surface area contributed by atoms with Gasteiger partial charge in [0.2, 0.25) is 0 Å². The number of benzene rings is 1. The van der Waals surface area contributed by atoms with E-state index in [0.29, 0.717) is 17.3 Å². The van der Waals surface area contributed by atoms with Gasteiger partial charge in [-0.2, -0.15) is 0 Å². The number of alkyl halides is 1. The van der Waals surface area contributed by atoms with Gasteiger partial charge in [-0.3, -0.25) is 10.1 Å². The highest BCUT2D eigenvalue weighted by Gasteiger charge is 2.30. The molecule has 0 saturated heterocycles. The molecule has 110 valence electrons. The van der Waals surface area contributed by atoms with E-state index in [9.17, 15) is 10.1 Å². The van der Waals surface area contributed by atoms with Crippen LogP contribution in [0.25, 0.3) is 0 Å². The summed E-state index contributed by atoms with van der Waals surface area (Å²) < 4.78 is 0. The van der Waals surface area contributed by atoms with E-state index in [1.807, 2.05) is 6.07 Å². The van der Waals surface area contributed by atoms with Crippen molar-refractivity contribution in [2.24, 2.45) is 5.92 Å². The fraction of sp³-hybridized carbons (Fsp3) is 0.600. The summed E-state index contributed by atoms with van der Waals surface area (Å²) in [5, 5.41) is 11.5. The Morgan fingerprint density at radius 2 is 2.15 bits per heavy atom. The van der Waals surface area contributed by atoms with Crippen LogP contribution in [0.2, 0.25) is 0 Å². The molecule has 4 nitrogen and oxygen atoms in total. The summed E-state index contributed by atoms with van der Waals surface area (Å²) in [4.78, 5) is 13.0. The van der Waals surface area contributed by atoms with Gasteiger partial charge in [-0.25, -0.2) is 0 Å². The second kappa shape index (κ2) is 6.57. The quantitative estimate of drug-likeness (QED) is 0.417. The van der Waals surface area contributed by atoms with Crippen LogP contribution >= 0.6 is 15.9 Å². The third-order valence-electron chi connectivity index (χ3n) is 3.66. The first-order valence-corrected chi connectivity index (χ1v) is 8.25. The lowest BCUT2D eigenvalue weighted by Gasteiger charge is -2.27. The standard InChI is InChI=1S/C15H21BrN2O2/c1-11(2)7-8-17(13-3-4-13)15-6-5-14(18(19)20)9-12(15)10-16/h5-6,9,11,13H,3-4,7-8,10H2,1-2H3. The molecule has 0 bridgehead atoms. The van der Waals surface area contributed by atoms with Crippen LogP contribution in [0.15, 0.2) is 18.2 Å². The van der Waals surface area contributed by atoms with Crippen LogP contribution in [0.1, 0.15) is 38.7 Å². The number of hydrogen-bond acceptors (Lipinski definition) is 3. The van der Waals surface area contributed by atoms with E-state index in [2.05, 4.69) is 34.7 Å². The summed E-state index contributed by atoms with van der Waals surface area (Å²) in [5.41, 5.74) is 2.33. The number of non-ortho nitro benzene ring substituents is 1. The average molecular weight is 341 g/mol. The summed E-state index contributed by atoms with van der Waals surface area (Å²) in [5.74, 6) is 0.668. The highest BCUT2D eigenvalue weighted by Crippen LogP contribution is 2.36. The average Bonchev–Trinajstić information content (AvgIpc) is 3.23. The molecule has 0 aliphatic heterocycles. The van der Waals surface area contributed by atoms with E-state index in [1.54, 1.807) is 12.1 Å². The highest BCUT2D eigenvalue weighted by molar-refractivity contribution is 9.08. The zero-order valence-corrected chi connectivity index (χ0v) is 13.6. The van der Waals surface area contributed by atoms with Crippen molar-refractivity contribution < 1.29 is 4.92 Å². The minimum Gasteiger partial charge on any atom is -0.368 e. The molecule has 1 aliphatic carbocycles. The smallest absolute Gasteiger partial charge is 0.269 e. The molecule has 1 saturated carbocycles. The normalized spacial score (nSPS) is 14.6. The Morgan fingerprint density at radius 1 is 1.45 bits per heavy atom. The van der Waals surface area contributed by atoms with Gasteiger partial charge in [-0.1, -0.05) is 29.8 Å². The Hall–Kier alpha value is -1.10. The van der Waals surface area contributed by atoms with E-state index in [-0.39, 0.29) is 10.6 Å². The van der Waals surface area contributed by atoms with Gasteiger partial charge >= 0.3 is 0 Å². The van der Waals surface area contributed by atoms with Crippen molar-refractivity contribution in [2.75, 3.05) is 11.4 Å². The predicted molar refractivity (Wildman–Crippen MR) is 85.6 cm³/mol. The van der Waals surface area contributed by atoms with E-state index >= 15 is 0 Å². The molecule has 2 rings (SSSR count). The van der Waals surface area contributed by atoms with Crippen LogP contribution in [0.4, 0.5) is 11.4 Å². The van der Waals surface area contributed by atoms with Gasteiger partial charge in [0, 0.05) is 35.7 Å². The molecule has 0 aromatic heterocycles. The van der Waals surface area contributed by atoms with Crippen LogP contribution in [-0.4, -0.2) is 17.5 Å². The van der Waals surface area contributed by atoms with Crippen LogP contribution in [-0.2, 0) is 5.33 Å².